The van der Waals surface area contributed by atoms with Crippen LogP contribution in [0.4, 0.5) is 0 Å². The van der Waals surface area contributed by atoms with Crippen LogP contribution in [-0.2, 0) is 6.61 Å². The lowest BCUT2D eigenvalue weighted by atomic mass is 10.2. The number of benzene rings is 2. The molecule has 2 heteroatoms. The Hall–Kier alpha value is -1.80. The van der Waals surface area contributed by atoms with Crippen molar-refractivity contribution in [3.63, 3.8) is 0 Å². The van der Waals surface area contributed by atoms with Crippen molar-refractivity contribution in [1.29, 1.82) is 0 Å². The van der Waals surface area contributed by atoms with E-state index in [0.29, 0.717) is 6.61 Å². The van der Waals surface area contributed by atoms with Gasteiger partial charge in [-0.2, -0.15) is 0 Å². The first kappa shape index (κ1) is 11.3. The van der Waals surface area contributed by atoms with Crippen molar-refractivity contribution in [3.05, 3.63) is 66.2 Å². The van der Waals surface area contributed by atoms with Crippen LogP contribution in [0.1, 0.15) is 5.56 Å². The highest BCUT2D eigenvalue weighted by molar-refractivity contribution is 5.22. The van der Waals surface area contributed by atoms with Gasteiger partial charge in [0.15, 0.2) is 0 Å². The van der Waals surface area contributed by atoms with E-state index in [4.69, 9.17) is 4.74 Å². The average molecular weight is 201 g/mol. The molecule has 2 aromatic carbocycles. The Bertz CT molecular complexity index is 333. The molecule has 0 spiro atoms. The molecule has 0 unspecified atom stereocenters. The van der Waals surface area contributed by atoms with Gasteiger partial charge in [-0.05, 0) is 17.7 Å². The van der Waals surface area contributed by atoms with Gasteiger partial charge in [0.2, 0.25) is 0 Å². The van der Waals surface area contributed by atoms with Crippen molar-refractivity contribution in [2.45, 2.75) is 6.61 Å². The molecule has 0 heterocycles. The predicted octanol–water partition coefficient (Wildman–Crippen LogP) is 3.43. The lowest BCUT2D eigenvalue weighted by molar-refractivity contribution is 0.306. The second-order valence-corrected chi connectivity index (χ2v) is 3.09. The zero-order valence-corrected chi connectivity index (χ0v) is 8.60. The smallest absolute Gasteiger partial charge is 0.119 e. The van der Waals surface area contributed by atoms with E-state index in [9.17, 15) is 0 Å². The van der Waals surface area contributed by atoms with Gasteiger partial charge in [0.1, 0.15) is 12.4 Å². The highest BCUT2D eigenvalue weighted by Gasteiger charge is 1.92. The van der Waals surface area contributed by atoms with Crippen molar-refractivity contribution in [3.8, 4) is 5.75 Å². The fraction of sp³-hybridized carbons (Fsp3) is 0.0769. The number of hydrogen-bond acceptors (Lipinski definition) is 2. The minimum atomic E-state index is 0. The normalized spacial score (nSPS) is 9.07. The molecule has 2 aromatic rings. The lowest BCUT2D eigenvalue weighted by Crippen LogP contribution is -1.94. The van der Waals surface area contributed by atoms with Crippen LogP contribution in [0.5, 0.6) is 5.75 Å². The van der Waals surface area contributed by atoms with Crippen molar-refractivity contribution >= 4 is 0 Å². The molecule has 2 rings (SSSR count). The third-order valence-electron chi connectivity index (χ3n) is 1.99. The second kappa shape index (κ2) is 5.83. The Kier molecular flexibility index (Phi) is 4.38. The number of para-hydroxylation sites is 1. The summed E-state index contributed by atoms with van der Waals surface area (Å²) in [7, 11) is 0. The number of hydrogen-bond donors (Lipinski definition) is 1. The van der Waals surface area contributed by atoms with Crippen molar-refractivity contribution < 1.29 is 4.74 Å². The fourth-order valence-electron chi connectivity index (χ4n) is 1.26. The highest BCUT2D eigenvalue weighted by atomic mass is 16.5. The van der Waals surface area contributed by atoms with Gasteiger partial charge in [0.25, 0.3) is 0 Å². The largest absolute Gasteiger partial charge is 0.489 e. The van der Waals surface area contributed by atoms with Gasteiger partial charge in [-0.15, -0.1) is 0 Å². The van der Waals surface area contributed by atoms with Crippen LogP contribution in [0.2, 0.25) is 0 Å². The van der Waals surface area contributed by atoms with Crippen LogP contribution in [0.15, 0.2) is 60.7 Å². The second-order valence-electron chi connectivity index (χ2n) is 3.09. The molecule has 2 nitrogen and oxygen atoms in total. The van der Waals surface area contributed by atoms with E-state index in [1.54, 1.807) is 0 Å². The summed E-state index contributed by atoms with van der Waals surface area (Å²) in [6, 6.07) is 20.0. The van der Waals surface area contributed by atoms with Crippen LogP contribution in [0.25, 0.3) is 0 Å². The summed E-state index contributed by atoms with van der Waals surface area (Å²) >= 11 is 0. The SMILES string of the molecule is N.c1ccc(COc2ccccc2)cc1. The Balaban J connectivity index is 0.00000112. The minimum Gasteiger partial charge on any atom is -0.489 e. The molecular weight excluding hydrogens is 186 g/mol. The zero-order chi connectivity index (χ0) is 9.64. The van der Waals surface area contributed by atoms with Gasteiger partial charge < -0.3 is 10.9 Å². The minimum absolute atomic E-state index is 0. The topological polar surface area (TPSA) is 44.2 Å². The molecule has 0 fully saturated rings. The van der Waals surface area contributed by atoms with E-state index in [-0.39, 0.29) is 6.15 Å². The Morgan fingerprint density at radius 2 is 1.27 bits per heavy atom. The summed E-state index contributed by atoms with van der Waals surface area (Å²) in [5, 5.41) is 0. The molecule has 0 amide bonds. The molecule has 0 aliphatic rings. The molecule has 0 aromatic heterocycles. The first-order valence-electron chi connectivity index (χ1n) is 4.67. The zero-order valence-electron chi connectivity index (χ0n) is 8.60. The standard InChI is InChI=1S/C13H12O.H3N/c1-3-7-12(8-4-1)11-14-13-9-5-2-6-10-13;/h1-10H,11H2;1H3. The maximum atomic E-state index is 5.59. The molecule has 3 N–H and O–H groups in total. The lowest BCUT2D eigenvalue weighted by Gasteiger charge is -2.05. The van der Waals surface area contributed by atoms with Crippen molar-refractivity contribution in [2.24, 2.45) is 0 Å². The van der Waals surface area contributed by atoms with Crippen LogP contribution < -0.4 is 10.9 Å². The summed E-state index contributed by atoms with van der Waals surface area (Å²) in [4.78, 5) is 0. The number of rotatable bonds is 3. The first-order chi connectivity index (χ1) is 6.95. The molecule has 0 aliphatic carbocycles. The summed E-state index contributed by atoms with van der Waals surface area (Å²) in [5.74, 6) is 0.913. The van der Waals surface area contributed by atoms with Crippen LogP contribution in [0, 0.1) is 0 Å². The Labute approximate surface area is 90.1 Å². The Morgan fingerprint density at radius 1 is 0.733 bits per heavy atom. The molecule has 78 valence electrons. The molecule has 0 aliphatic heterocycles. The van der Waals surface area contributed by atoms with E-state index in [1.165, 1.54) is 5.56 Å². The van der Waals surface area contributed by atoms with E-state index >= 15 is 0 Å². The molecule has 0 saturated heterocycles. The molecule has 0 radical (unpaired) electrons. The maximum Gasteiger partial charge on any atom is 0.119 e. The van der Waals surface area contributed by atoms with E-state index in [1.807, 2.05) is 48.5 Å². The maximum absolute atomic E-state index is 5.59. The van der Waals surface area contributed by atoms with E-state index in [2.05, 4.69) is 12.1 Å². The summed E-state index contributed by atoms with van der Waals surface area (Å²) in [6.07, 6.45) is 0. The number of ether oxygens (including phenoxy) is 1. The Morgan fingerprint density at radius 3 is 1.87 bits per heavy atom. The third kappa shape index (κ3) is 3.44. The van der Waals surface area contributed by atoms with Gasteiger partial charge in [-0.25, -0.2) is 0 Å². The molecular formula is C13H15NO. The van der Waals surface area contributed by atoms with Gasteiger partial charge in [-0.1, -0.05) is 48.5 Å². The summed E-state index contributed by atoms with van der Waals surface area (Å²) in [5.41, 5.74) is 1.19. The van der Waals surface area contributed by atoms with Gasteiger partial charge in [0.05, 0.1) is 0 Å². The summed E-state index contributed by atoms with van der Waals surface area (Å²) in [6.45, 7) is 0.630. The molecule has 0 atom stereocenters. The van der Waals surface area contributed by atoms with Gasteiger partial charge >= 0.3 is 0 Å². The first-order valence-corrected chi connectivity index (χ1v) is 4.67. The van der Waals surface area contributed by atoms with E-state index < -0.39 is 0 Å². The van der Waals surface area contributed by atoms with Crippen molar-refractivity contribution in [2.75, 3.05) is 0 Å². The van der Waals surface area contributed by atoms with Crippen LogP contribution >= 0.6 is 0 Å². The van der Waals surface area contributed by atoms with Gasteiger partial charge in [-0.3, -0.25) is 0 Å². The van der Waals surface area contributed by atoms with Crippen LogP contribution in [-0.4, -0.2) is 0 Å². The summed E-state index contributed by atoms with van der Waals surface area (Å²) < 4.78 is 5.59. The molecule has 0 saturated carbocycles. The van der Waals surface area contributed by atoms with E-state index in [0.717, 1.165) is 5.75 Å². The molecule has 0 bridgehead atoms. The highest BCUT2D eigenvalue weighted by Crippen LogP contribution is 2.10. The van der Waals surface area contributed by atoms with Crippen molar-refractivity contribution in [1.82, 2.24) is 6.15 Å². The predicted molar refractivity (Wildman–Crippen MR) is 62.2 cm³/mol. The molecule has 15 heavy (non-hydrogen) atoms. The van der Waals surface area contributed by atoms with Crippen LogP contribution in [0.3, 0.4) is 0 Å². The third-order valence-corrected chi connectivity index (χ3v) is 1.99. The van der Waals surface area contributed by atoms with Gasteiger partial charge in [0, 0.05) is 0 Å². The average Bonchev–Trinajstić information content (AvgIpc) is 2.29. The quantitative estimate of drug-likeness (QED) is 0.826. The fourth-order valence-corrected chi connectivity index (χ4v) is 1.26. The monoisotopic (exact) mass is 201 g/mol.